The molecule has 0 nitrogen and oxygen atoms in total. The summed E-state index contributed by atoms with van der Waals surface area (Å²) in [6, 6.07) is 0. The van der Waals surface area contributed by atoms with E-state index >= 15 is 0 Å². The molecule has 15 heavy (non-hydrogen) atoms. The zero-order chi connectivity index (χ0) is 10.8. The zero-order valence-corrected chi connectivity index (χ0v) is 10.7. The van der Waals surface area contributed by atoms with Crippen LogP contribution in [0.15, 0.2) is 11.1 Å². The van der Waals surface area contributed by atoms with Gasteiger partial charge < -0.3 is 0 Å². The van der Waals surface area contributed by atoms with Gasteiger partial charge in [-0.25, -0.2) is 0 Å². The van der Waals surface area contributed by atoms with E-state index in [1.54, 1.807) is 5.57 Å². The molecular weight excluding hydrogens is 180 g/mol. The maximum absolute atomic E-state index is 2.59. The highest BCUT2D eigenvalue weighted by Gasteiger charge is 2.62. The number of hydrogen-bond acceptors (Lipinski definition) is 0. The van der Waals surface area contributed by atoms with Crippen molar-refractivity contribution >= 4 is 0 Å². The Hall–Kier alpha value is -0.260. The van der Waals surface area contributed by atoms with Crippen LogP contribution < -0.4 is 0 Å². The molecule has 84 valence electrons. The van der Waals surface area contributed by atoms with Crippen molar-refractivity contribution in [2.24, 2.45) is 22.7 Å². The Morgan fingerprint density at radius 1 is 1.13 bits per heavy atom. The first-order valence-corrected chi connectivity index (χ1v) is 6.64. The van der Waals surface area contributed by atoms with Crippen molar-refractivity contribution in [3.63, 3.8) is 0 Å². The van der Waals surface area contributed by atoms with Crippen molar-refractivity contribution in [1.29, 1.82) is 0 Å². The molecule has 3 rings (SSSR count). The Kier molecular flexibility index (Phi) is 1.79. The summed E-state index contributed by atoms with van der Waals surface area (Å²) in [4.78, 5) is 0. The highest BCUT2D eigenvalue weighted by Crippen LogP contribution is 2.72. The predicted molar refractivity (Wildman–Crippen MR) is 64.7 cm³/mol. The first-order chi connectivity index (χ1) is 6.97. The van der Waals surface area contributed by atoms with E-state index in [4.69, 9.17) is 0 Å². The van der Waals surface area contributed by atoms with Gasteiger partial charge in [-0.3, -0.25) is 0 Å². The lowest BCUT2D eigenvalue weighted by molar-refractivity contribution is 0.0670. The van der Waals surface area contributed by atoms with Crippen LogP contribution >= 0.6 is 0 Å². The molecule has 3 aliphatic rings. The normalized spacial score (nSPS) is 52.4. The first-order valence-electron chi connectivity index (χ1n) is 6.64. The van der Waals surface area contributed by atoms with E-state index in [1.165, 1.54) is 32.1 Å². The van der Waals surface area contributed by atoms with E-state index in [1.807, 2.05) is 5.57 Å². The van der Waals surface area contributed by atoms with Crippen molar-refractivity contribution in [2.75, 3.05) is 0 Å². The second-order valence-corrected chi connectivity index (χ2v) is 7.03. The highest BCUT2D eigenvalue weighted by molar-refractivity contribution is 5.29. The summed E-state index contributed by atoms with van der Waals surface area (Å²) in [5.74, 6) is 1.96. The van der Waals surface area contributed by atoms with Gasteiger partial charge in [0.15, 0.2) is 0 Å². The summed E-state index contributed by atoms with van der Waals surface area (Å²) >= 11 is 0. The second kappa shape index (κ2) is 2.70. The van der Waals surface area contributed by atoms with Crippen molar-refractivity contribution in [3.05, 3.63) is 11.1 Å². The van der Waals surface area contributed by atoms with Gasteiger partial charge in [0, 0.05) is 0 Å². The van der Waals surface area contributed by atoms with Crippen molar-refractivity contribution in [1.82, 2.24) is 0 Å². The maximum Gasteiger partial charge on any atom is -0.0143 e. The molecule has 0 aromatic carbocycles. The standard InChI is InChI=1S/C15H24/c1-10(2)11-9-13-14(3)6-5-12(11)15(13,4)8-7-14/h12-13H,5-9H2,1-4H3. The number of allylic oxidation sites excluding steroid dienone is 2. The van der Waals surface area contributed by atoms with Crippen LogP contribution in [0.3, 0.4) is 0 Å². The molecule has 0 radical (unpaired) electrons. The van der Waals surface area contributed by atoms with Gasteiger partial charge in [-0.1, -0.05) is 25.0 Å². The molecule has 3 saturated carbocycles. The number of hydrogen-bond donors (Lipinski definition) is 0. The first kappa shape index (κ1) is 9.93. The average molecular weight is 204 g/mol. The van der Waals surface area contributed by atoms with Crippen LogP contribution in [0.1, 0.15) is 59.8 Å². The van der Waals surface area contributed by atoms with E-state index < -0.39 is 0 Å². The van der Waals surface area contributed by atoms with Gasteiger partial charge in [0.05, 0.1) is 0 Å². The molecule has 0 heterocycles. The van der Waals surface area contributed by atoms with Gasteiger partial charge in [-0.15, -0.1) is 0 Å². The molecule has 0 spiro atoms. The highest BCUT2D eigenvalue weighted by atomic mass is 14.7. The third kappa shape index (κ3) is 1.04. The van der Waals surface area contributed by atoms with Gasteiger partial charge in [-0.05, 0) is 68.6 Å². The van der Waals surface area contributed by atoms with Gasteiger partial charge in [-0.2, -0.15) is 0 Å². The lowest BCUT2D eigenvalue weighted by Crippen LogP contribution is -2.35. The van der Waals surface area contributed by atoms with Crippen molar-refractivity contribution in [3.8, 4) is 0 Å². The monoisotopic (exact) mass is 204 g/mol. The summed E-state index contributed by atoms with van der Waals surface area (Å²) in [6.45, 7) is 9.81. The summed E-state index contributed by atoms with van der Waals surface area (Å²) in [6.07, 6.45) is 7.40. The molecule has 0 N–H and O–H groups in total. The quantitative estimate of drug-likeness (QED) is 0.507. The van der Waals surface area contributed by atoms with E-state index in [9.17, 15) is 0 Å². The minimum Gasteiger partial charge on any atom is -0.0769 e. The summed E-state index contributed by atoms with van der Waals surface area (Å²) in [5, 5.41) is 0. The third-order valence-electron chi connectivity index (χ3n) is 6.16. The van der Waals surface area contributed by atoms with E-state index in [0.29, 0.717) is 10.8 Å². The molecule has 4 unspecified atom stereocenters. The third-order valence-corrected chi connectivity index (χ3v) is 6.16. The van der Waals surface area contributed by atoms with Gasteiger partial charge in [0.1, 0.15) is 0 Å². The molecule has 0 aromatic rings. The molecule has 0 aromatic heterocycles. The zero-order valence-electron chi connectivity index (χ0n) is 10.7. The van der Waals surface area contributed by atoms with Gasteiger partial charge in [0.25, 0.3) is 0 Å². The van der Waals surface area contributed by atoms with Crippen LogP contribution in [0, 0.1) is 22.7 Å². The molecule has 0 amide bonds. The van der Waals surface area contributed by atoms with E-state index in [-0.39, 0.29) is 0 Å². The second-order valence-electron chi connectivity index (χ2n) is 7.03. The number of rotatable bonds is 0. The Labute approximate surface area is 94.1 Å². The Balaban J connectivity index is 2.10. The van der Waals surface area contributed by atoms with E-state index in [2.05, 4.69) is 27.7 Å². The fourth-order valence-electron chi connectivity index (χ4n) is 5.19. The molecule has 0 aliphatic heterocycles. The molecule has 0 saturated heterocycles. The molecule has 3 fully saturated rings. The Bertz CT molecular complexity index is 334. The maximum atomic E-state index is 2.59. The van der Waals surface area contributed by atoms with Gasteiger partial charge in [0.2, 0.25) is 0 Å². The van der Waals surface area contributed by atoms with Gasteiger partial charge >= 0.3 is 0 Å². The smallest absolute Gasteiger partial charge is 0.0143 e. The minimum atomic E-state index is 0.680. The van der Waals surface area contributed by atoms with Crippen LogP contribution in [0.2, 0.25) is 0 Å². The summed E-state index contributed by atoms with van der Waals surface area (Å²) in [7, 11) is 0. The molecule has 4 bridgehead atoms. The molecule has 0 heteroatoms. The average Bonchev–Trinajstić information content (AvgIpc) is 2.44. The van der Waals surface area contributed by atoms with Crippen molar-refractivity contribution in [2.45, 2.75) is 59.8 Å². The fourth-order valence-corrected chi connectivity index (χ4v) is 5.19. The van der Waals surface area contributed by atoms with Crippen molar-refractivity contribution < 1.29 is 0 Å². The Morgan fingerprint density at radius 3 is 2.47 bits per heavy atom. The summed E-state index contributed by atoms with van der Waals surface area (Å²) in [5.41, 5.74) is 4.84. The van der Waals surface area contributed by atoms with Crippen LogP contribution in [-0.2, 0) is 0 Å². The molecular formula is C15H24. The topological polar surface area (TPSA) is 0 Å². The van der Waals surface area contributed by atoms with E-state index in [0.717, 1.165) is 11.8 Å². The largest absolute Gasteiger partial charge is 0.0769 e. The summed E-state index contributed by atoms with van der Waals surface area (Å²) < 4.78 is 0. The van der Waals surface area contributed by atoms with Crippen LogP contribution in [0.4, 0.5) is 0 Å². The van der Waals surface area contributed by atoms with Crippen LogP contribution in [0.5, 0.6) is 0 Å². The Morgan fingerprint density at radius 2 is 1.87 bits per heavy atom. The van der Waals surface area contributed by atoms with Crippen LogP contribution in [-0.4, -0.2) is 0 Å². The SMILES string of the molecule is CC(C)=C1CC2C3(C)CCC1C2(C)CC3. The fraction of sp³-hybridized carbons (Fsp3) is 0.867. The minimum absolute atomic E-state index is 0.680. The van der Waals surface area contributed by atoms with Crippen LogP contribution in [0.25, 0.3) is 0 Å². The molecule has 3 aliphatic carbocycles. The predicted octanol–water partition coefficient (Wildman–Crippen LogP) is 4.56. The molecule has 4 atom stereocenters. The lowest BCUT2D eigenvalue weighted by atomic mass is 9.62. The lowest BCUT2D eigenvalue weighted by Gasteiger charge is -2.42.